The first-order chi connectivity index (χ1) is 14.9. The van der Waals surface area contributed by atoms with Crippen molar-refractivity contribution in [1.82, 2.24) is 0 Å². The number of allylic oxidation sites excluding steroid dienone is 8. The monoisotopic (exact) mass is 381 g/mol. The number of aliphatic hydroxyl groups is 3. The van der Waals surface area contributed by atoms with Crippen molar-refractivity contribution in [3.8, 4) is 0 Å². The lowest BCUT2D eigenvalue weighted by Gasteiger charge is -2.11. The minimum Gasteiger partial charge on any atom is -0.481 e. The number of carbonyl (C=O) groups is 1. The molecule has 5 nitrogen and oxygen atoms in total. The van der Waals surface area contributed by atoms with E-state index in [1.807, 2.05) is 0 Å². The van der Waals surface area contributed by atoms with Crippen LogP contribution in [0, 0.1) is 0 Å². The molecule has 0 unspecified atom stereocenters. The summed E-state index contributed by atoms with van der Waals surface area (Å²) in [7, 11) is 0. The van der Waals surface area contributed by atoms with E-state index in [1.165, 1.54) is 18.2 Å². The van der Waals surface area contributed by atoms with Gasteiger partial charge in [-0.1, -0.05) is 79.8 Å². The van der Waals surface area contributed by atoms with Crippen molar-refractivity contribution in [2.75, 3.05) is 0 Å². The fourth-order valence-corrected chi connectivity index (χ4v) is 1.80. The number of rotatable bonds is 14. The third-order valence-electron chi connectivity index (χ3n) is 3.24. The fourth-order valence-electron chi connectivity index (χ4n) is 1.80. The van der Waals surface area contributed by atoms with Gasteiger partial charge in [-0.15, -0.1) is 0 Å². The van der Waals surface area contributed by atoms with Crippen LogP contribution in [0.25, 0.3) is 0 Å². The van der Waals surface area contributed by atoms with Crippen LogP contribution in [0.2, 0.25) is 0 Å². The van der Waals surface area contributed by atoms with Crippen LogP contribution in [0.4, 0.5) is 0 Å². The van der Waals surface area contributed by atoms with Crippen molar-refractivity contribution >= 4 is 5.97 Å². The highest BCUT2D eigenvalue weighted by Gasteiger charge is 2.10. The third kappa shape index (κ3) is 17.0. The van der Waals surface area contributed by atoms with E-state index in [-0.39, 0.29) is 12.8 Å². The van der Waals surface area contributed by atoms with Gasteiger partial charge in [-0.05, 0) is 25.6 Å². The van der Waals surface area contributed by atoms with E-state index in [4.69, 9.17) is 12.0 Å². The van der Waals surface area contributed by atoms with E-state index in [9.17, 15) is 20.1 Å². The molecule has 0 radical (unpaired) electrons. The predicted molar refractivity (Wildman–Crippen MR) is 109 cm³/mol. The summed E-state index contributed by atoms with van der Waals surface area (Å²) in [5.41, 5.74) is 0. The highest BCUT2D eigenvalue weighted by Crippen LogP contribution is 2.03. The molecule has 0 aromatic heterocycles. The molecule has 5 heteroatoms. The standard InChI is InChI=1S/C22H32O5/c1-2-3-9-16-20(24)21(25)17-12-7-5-4-6-10-14-19(23)15-11-8-13-18-22(26)27/h3-12,14,17,19-21,23-25H,2,13,15-16,18H2,1H3,(H,26,27)/b6-4-,7-5+,9-3-,11-8-,14-10+,17-12+/t19-,20+,21-/m1/s1/i1D3,2D2. The molecule has 0 amide bonds. The number of aliphatic hydroxyl groups excluding tert-OH is 3. The number of hydrogen-bond acceptors (Lipinski definition) is 4. The highest BCUT2D eigenvalue weighted by molar-refractivity contribution is 5.66. The molecule has 0 aliphatic heterocycles. The Kier molecular flexibility index (Phi) is 10.8. The molecule has 4 N–H and O–H groups in total. The Morgan fingerprint density at radius 2 is 1.56 bits per heavy atom. The first kappa shape index (κ1) is 16.9. The summed E-state index contributed by atoms with van der Waals surface area (Å²) >= 11 is 0. The fraction of sp³-hybridized carbons (Fsp3) is 0.409. The molecule has 0 saturated carbocycles. The summed E-state index contributed by atoms with van der Waals surface area (Å²) in [4.78, 5) is 10.4. The van der Waals surface area contributed by atoms with Crippen LogP contribution < -0.4 is 0 Å². The average Bonchev–Trinajstić information content (AvgIpc) is 2.68. The molecule has 0 aliphatic carbocycles. The van der Waals surface area contributed by atoms with Crippen molar-refractivity contribution < 1.29 is 32.1 Å². The molecular formula is C22H32O5. The largest absolute Gasteiger partial charge is 0.481 e. The normalized spacial score (nSPS) is 20.3. The number of carboxylic acids is 1. The molecule has 0 aliphatic rings. The third-order valence-corrected chi connectivity index (χ3v) is 3.24. The minimum atomic E-state index is -2.81. The van der Waals surface area contributed by atoms with Gasteiger partial charge >= 0.3 is 5.97 Å². The molecule has 3 atom stereocenters. The van der Waals surface area contributed by atoms with Gasteiger partial charge in [0.1, 0.15) is 0 Å². The van der Waals surface area contributed by atoms with Crippen LogP contribution in [-0.4, -0.2) is 44.7 Å². The van der Waals surface area contributed by atoms with Gasteiger partial charge in [0.05, 0.1) is 18.3 Å². The van der Waals surface area contributed by atoms with E-state index in [2.05, 4.69) is 0 Å². The SMILES string of the molecule is [2H]C([2H])([2H])C([2H])([2H])/C=C\C[C@H](O)[C@H](O)/C=C/C=C/C=C\C=C\[C@@H](O)C/C=C\CCC(=O)O. The second kappa shape index (κ2) is 17.2. The van der Waals surface area contributed by atoms with Gasteiger partial charge in [-0.3, -0.25) is 4.79 Å². The molecule has 0 aromatic carbocycles. The lowest BCUT2D eigenvalue weighted by molar-refractivity contribution is -0.136. The summed E-state index contributed by atoms with van der Waals surface area (Å²) in [6.07, 6.45) is 13.5. The molecular weight excluding hydrogens is 344 g/mol. The van der Waals surface area contributed by atoms with E-state index >= 15 is 0 Å². The maximum atomic E-state index is 10.4. The first-order valence-corrected chi connectivity index (χ1v) is 8.64. The van der Waals surface area contributed by atoms with Crippen LogP contribution in [0.5, 0.6) is 0 Å². The van der Waals surface area contributed by atoms with Gasteiger partial charge in [0, 0.05) is 13.3 Å². The summed E-state index contributed by atoms with van der Waals surface area (Å²) in [5, 5.41) is 37.9. The molecule has 0 aromatic rings. The van der Waals surface area contributed by atoms with Crippen LogP contribution in [-0.2, 0) is 4.79 Å². The van der Waals surface area contributed by atoms with Crippen LogP contribution >= 0.6 is 0 Å². The summed E-state index contributed by atoms with van der Waals surface area (Å²) in [6.45, 7) is -2.81. The Hall–Kier alpha value is -2.21. The van der Waals surface area contributed by atoms with E-state index in [0.29, 0.717) is 12.8 Å². The van der Waals surface area contributed by atoms with Crippen molar-refractivity contribution in [2.45, 2.75) is 57.2 Å². The second-order valence-corrected chi connectivity index (χ2v) is 5.59. The van der Waals surface area contributed by atoms with Crippen molar-refractivity contribution in [2.24, 2.45) is 0 Å². The van der Waals surface area contributed by atoms with Gasteiger partial charge < -0.3 is 20.4 Å². The summed E-state index contributed by atoms with van der Waals surface area (Å²) in [5.74, 6) is -0.861. The summed E-state index contributed by atoms with van der Waals surface area (Å²) < 4.78 is 36.1. The van der Waals surface area contributed by atoms with Gasteiger partial charge in [-0.2, -0.15) is 0 Å². The lowest BCUT2D eigenvalue weighted by Crippen LogP contribution is -2.22. The Balaban J connectivity index is 4.28. The van der Waals surface area contributed by atoms with Crippen molar-refractivity contribution in [3.05, 3.63) is 72.9 Å². The molecule has 0 fully saturated rings. The van der Waals surface area contributed by atoms with Crippen molar-refractivity contribution in [3.63, 3.8) is 0 Å². The minimum absolute atomic E-state index is 0.0598. The van der Waals surface area contributed by atoms with Crippen molar-refractivity contribution in [1.29, 1.82) is 0 Å². The molecule has 0 heterocycles. The van der Waals surface area contributed by atoms with Gasteiger partial charge in [0.25, 0.3) is 0 Å². The molecule has 0 bridgehead atoms. The van der Waals surface area contributed by atoms with Gasteiger partial charge in [0.2, 0.25) is 0 Å². The lowest BCUT2D eigenvalue weighted by atomic mass is 10.1. The zero-order valence-corrected chi connectivity index (χ0v) is 15.2. The maximum Gasteiger partial charge on any atom is 0.303 e. The molecule has 0 rings (SSSR count). The predicted octanol–water partition coefficient (Wildman–Crippen LogP) is 3.46. The van der Waals surface area contributed by atoms with E-state index < -0.39 is 37.5 Å². The Labute approximate surface area is 169 Å². The first-order valence-electron chi connectivity index (χ1n) is 11.1. The van der Waals surface area contributed by atoms with Crippen LogP contribution in [0.1, 0.15) is 45.8 Å². The number of carboxylic acid groups (broad SMARTS) is 1. The second-order valence-electron chi connectivity index (χ2n) is 5.59. The Bertz CT molecular complexity index is 721. The number of hydrogen-bond donors (Lipinski definition) is 4. The number of aliphatic carboxylic acids is 1. The highest BCUT2D eigenvalue weighted by atomic mass is 16.4. The van der Waals surface area contributed by atoms with Crippen LogP contribution in [0.15, 0.2) is 72.9 Å². The summed E-state index contributed by atoms with van der Waals surface area (Å²) in [6, 6.07) is 0. The zero-order valence-electron chi connectivity index (χ0n) is 20.2. The maximum absolute atomic E-state index is 10.4. The Morgan fingerprint density at radius 1 is 0.926 bits per heavy atom. The van der Waals surface area contributed by atoms with Gasteiger partial charge in [0.15, 0.2) is 0 Å². The quantitative estimate of drug-likeness (QED) is 0.273. The van der Waals surface area contributed by atoms with E-state index in [1.54, 1.807) is 48.6 Å². The smallest absolute Gasteiger partial charge is 0.303 e. The van der Waals surface area contributed by atoms with Gasteiger partial charge in [-0.25, -0.2) is 0 Å². The molecule has 0 spiro atoms. The zero-order chi connectivity index (χ0) is 24.6. The molecule has 0 saturated heterocycles. The molecule has 150 valence electrons. The molecule has 27 heavy (non-hydrogen) atoms. The van der Waals surface area contributed by atoms with Crippen LogP contribution in [0.3, 0.4) is 0 Å². The van der Waals surface area contributed by atoms with E-state index in [0.717, 1.165) is 6.08 Å². The topological polar surface area (TPSA) is 98.0 Å². The average molecular weight is 382 g/mol. The Morgan fingerprint density at radius 3 is 2.22 bits per heavy atom.